The summed E-state index contributed by atoms with van der Waals surface area (Å²) in [5.41, 5.74) is 4.44. The molecule has 11 unspecified atom stereocenters. The Bertz CT molecular complexity index is 1840. The molecule has 0 aliphatic carbocycles. The molecule has 32 heteroatoms. The summed E-state index contributed by atoms with van der Waals surface area (Å²) in [4.78, 5) is 81.1. The number of hydrogen-bond donors (Lipinski definition) is 15. The van der Waals surface area contributed by atoms with Crippen molar-refractivity contribution in [2.24, 2.45) is 0 Å². The number of phosphoric ester groups is 2. The number of amides is 2. The number of aliphatic hydroxyl groups excluding tert-OH is 8. The summed E-state index contributed by atoms with van der Waals surface area (Å²) in [7, 11) is -10.8. The minimum atomic E-state index is -5.70. The van der Waals surface area contributed by atoms with Crippen LogP contribution in [0.15, 0.2) is 17.1 Å². The number of rotatable bonds is 18. The van der Waals surface area contributed by atoms with Crippen molar-refractivity contribution >= 4 is 39.2 Å². The Balaban J connectivity index is 1.41. The predicted molar refractivity (Wildman–Crippen MR) is 185 cm³/mol. The largest absolute Gasteiger partial charge is 0.477 e. The molecule has 0 radical (unpaired) electrons. The lowest BCUT2D eigenvalue weighted by atomic mass is 9.88. The predicted octanol–water partition coefficient (Wildman–Crippen LogP) is -8.21. The fourth-order valence-electron chi connectivity index (χ4n) is 6.12. The van der Waals surface area contributed by atoms with Crippen molar-refractivity contribution in [1.29, 1.82) is 0 Å². The third-order valence-corrected chi connectivity index (χ3v) is 10.6. The smallest absolute Gasteiger partial charge is 0.475 e. The molecule has 1 aromatic heterocycles. The number of carboxylic acid groups (broad SMARTS) is 1. The van der Waals surface area contributed by atoms with E-state index in [1.165, 1.54) is 0 Å². The van der Waals surface area contributed by atoms with Gasteiger partial charge < -0.3 is 96.0 Å². The Labute approximate surface area is 335 Å². The number of hydrogen-bond acceptors (Lipinski definition) is 23. The molecular formula is C28H45N5O25P2. The van der Waals surface area contributed by atoms with E-state index in [0.29, 0.717) is 0 Å². The second-order valence-corrected chi connectivity index (χ2v) is 16.2. The fraction of sp³-hybridized carbons (Fsp3) is 0.750. The monoisotopic (exact) mass is 913 g/mol. The number of carboxylic acids is 1. The molecule has 4 rings (SSSR count). The summed E-state index contributed by atoms with van der Waals surface area (Å²) in [5.74, 6) is -7.79. The fourth-order valence-corrected chi connectivity index (χ4v) is 7.42. The molecule has 3 aliphatic heterocycles. The van der Waals surface area contributed by atoms with Crippen LogP contribution in [0.25, 0.3) is 0 Å². The molecule has 2 amide bonds. The minimum absolute atomic E-state index is 0.182. The zero-order chi connectivity index (χ0) is 45.1. The van der Waals surface area contributed by atoms with Gasteiger partial charge in [-0.1, -0.05) is 0 Å². The second kappa shape index (κ2) is 19.9. The van der Waals surface area contributed by atoms with Crippen LogP contribution in [0.2, 0.25) is 0 Å². The number of nitrogens with one attached hydrogen (secondary N) is 2. The van der Waals surface area contributed by atoms with Gasteiger partial charge >= 0.3 is 27.3 Å². The number of nitrogens with zero attached hydrogens (tertiary/aromatic N) is 2. The Morgan fingerprint density at radius 1 is 0.983 bits per heavy atom. The third kappa shape index (κ3) is 12.3. The molecule has 60 heavy (non-hydrogen) atoms. The molecular weight excluding hydrogens is 868 g/mol. The van der Waals surface area contributed by atoms with Crippen LogP contribution in [0, 0.1) is 0 Å². The minimum Gasteiger partial charge on any atom is -0.477 e. The van der Waals surface area contributed by atoms with E-state index in [-0.39, 0.29) is 5.82 Å². The molecule has 0 saturated carbocycles. The number of carbonyl (C=O) groups excluding carboxylic acids is 2. The zero-order valence-corrected chi connectivity index (χ0v) is 32.6. The van der Waals surface area contributed by atoms with E-state index in [1.54, 1.807) is 0 Å². The summed E-state index contributed by atoms with van der Waals surface area (Å²) in [6.45, 7) is -3.12. The Morgan fingerprint density at radius 3 is 2.20 bits per heavy atom. The first kappa shape index (κ1) is 49.5. The summed E-state index contributed by atoms with van der Waals surface area (Å²) in [5, 5.41) is 98.3. The van der Waals surface area contributed by atoms with Gasteiger partial charge in [0.1, 0.15) is 67.4 Å². The van der Waals surface area contributed by atoms with Crippen LogP contribution >= 0.6 is 15.6 Å². The maximum atomic E-state index is 13.1. The molecule has 16 atom stereocenters. The molecule has 3 fully saturated rings. The van der Waals surface area contributed by atoms with Gasteiger partial charge in [-0.2, -0.15) is 4.98 Å². The van der Waals surface area contributed by atoms with Crippen molar-refractivity contribution in [3.63, 3.8) is 0 Å². The zero-order valence-electron chi connectivity index (χ0n) is 30.8. The number of phosphoric acid groups is 2. The Morgan fingerprint density at radius 2 is 1.60 bits per heavy atom. The highest BCUT2D eigenvalue weighted by molar-refractivity contribution is 7.47. The number of aromatic nitrogens is 2. The van der Waals surface area contributed by atoms with Crippen LogP contribution in [0.5, 0.6) is 0 Å². The Kier molecular flexibility index (Phi) is 16.4. The van der Waals surface area contributed by atoms with Crippen molar-refractivity contribution in [2.75, 3.05) is 32.1 Å². The molecule has 0 spiro atoms. The maximum Gasteiger partial charge on any atom is 0.475 e. The molecule has 0 bridgehead atoms. The van der Waals surface area contributed by atoms with Gasteiger partial charge in [-0.25, -0.2) is 23.2 Å². The number of carbonyl (C=O) groups is 3. The van der Waals surface area contributed by atoms with E-state index in [4.69, 9.17) is 43.5 Å². The summed E-state index contributed by atoms with van der Waals surface area (Å²) < 4.78 is 59.7. The SMILES string of the molecule is CC(=O)NC1C(O)CC(OP(=O)(O)OCC2OC(n3ccc(N)nc3=O)C(O)C2O)(C(=O)O)OC1[C@H](O)[C@H](O)CNC(=O)CO[C@H]1OC(COP(=O)(O)O)[C@@H](O)C(O)[C@H]1O. The van der Waals surface area contributed by atoms with Crippen molar-refractivity contribution in [3.05, 3.63) is 22.7 Å². The molecule has 3 saturated heterocycles. The third-order valence-electron chi connectivity index (χ3n) is 9.09. The molecule has 0 aromatic carbocycles. The average molecular weight is 914 g/mol. The van der Waals surface area contributed by atoms with E-state index in [9.17, 15) is 79.2 Å². The van der Waals surface area contributed by atoms with Crippen LogP contribution in [0.4, 0.5) is 5.82 Å². The quantitative estimate of drug-likeness (QED) is 0.0608. The van der Waals surface area contributed by atoms with Crippen LogP contribution in [0.3, 0.4) is 0 Å². The van der Waals surface area contributed by atoms with Gasteiger partial charge in [0.25, 0.3) is 5.79 Å². The number of nitrogen functional groups attached to an aromatic ring is 1. The van der Waals surface area contributed by atoms with Crippen LogP contribution in [-0.4, -0.2) is 200 Å². The van der Waals surface area contributed by atoms with E-state index in [0.717, 1.165) is 23.8 Å². The van der Waals surface area contributed by atoms with Gasteiger partial charge in [0.15, 0.2) is 12.5 Å². The van der Waals surface area contributed by atoms with E-state index in [2.05, 4.69) is 20.1 Å². The number of aliphatic hydroxyl groups is 8. The second-order valence-electron chi connectivity index (χ2n) is 13.6. The van der Waals surface area contributed by atoms with Crippen LogP contribution in [-0.2, 0) is 56.0 Å². The topological polar surface area (TPSA) is 478 Å². The van der Waals surface area contributed by atoms with Gasteiger partial charge in [0, 0.05) is 26.1 Å². The van der Waals surface area contributed by atoms with Crippen LogP contribution < -0.4 is 22.1 Å². The Hall–Kier alpha value is -3.17. The van der Waals surface area contributed by atoms with Gasteiger partial charge in [0.05, 0.1) is 31.5 Å². The molecule has 4 heterocycles. The molecule has 342 valence electrons. The number of ether oxygens (including phenoxy) is 4. The lowest BCUT2D eigenvalue weighted by molar-refractivity contribution is -0.298. The van der Waals surface area contributed by atoms with E-state index < -0.39 is 163 Å². The summed E-state index contributed by atoms with van der Waals surface area (Å²) >= 11 is 0. The first-order chi connectivity index (χ1) is 27.8. The van der Waals surface area contributed by atoms with E-state index >= 15 is 0 Å². The maximum absolute atomic E-state index is 13.1. The lowest BCUT2D eigenvalue weighted by Crippen LogP contribution is -2.68. The number of anilines is 1. The molecule has 3 aliphatic rings. The molecule has 1 aromatic rings. The highest BCUT2D eigenvalue weighted by atomic mass is 31.2. The number of aliphatic carboxylic acids is 1. The standard InChI is InChI=1S/C28H45N5O25P2/c1-9(34)31-16-10(35)4-28(26(44)45,58-60(50,51)54-7-12-19(40)21(42)24(55-12)33-3-2-14(29)32-27(33)46)57-23(16)17(38)11(36)5-30-15(37)8-52-25-22(43)20(41)18(39)13(56-25)6-53-59(47,48)49/h2-3,10-13,16-25,35-36,38-43H,4-8H2,1H3,(H,30,37)(H,31,34)(H,44,45)(H,50,51)(H2,29,32,46)(H2,47,48,49)/t10?,11-,12?,13?,16?,17-,18-,19?,20?,21?,22-,23?,24?,25+,28?/m1/s1. The van der Waals surface area contributed by atoms with Crippen LogP contribution in [0.1, 0.15) is 19.6 Å². The van der Waals surface area contributed by atoms with Gasteiger partial charge in [0.2, 0.25) is 11.8 Å². The van der Waals surface area contributed by atoms with Crippen molar-refractivity contribution in [2.45, 2.75) is 105 Å². The van der Waals surface area contributed by atoms with E-state index in [1.807, 2.05) is 0 Å². The van der Waals surface area contributed by atoms with Crippen molar-refractivity contribution < 1.29 is 117 Å². The van der Waals surface area contributed by atoms with Crippen molar-refractivity contribution in [3.8, 4) is 0 Å². The summed E-state index contributed by atoms with van der Waals surface area (Å²) in [6.07, 6.45) is -25.5. The highest BCUT2D eigenvalue weighted by Crippen LogP contribution is 2.51. The lowest BCUT2D eigenvalue weighted by Gasteiger charge is -2.46. The average Bonchev–Trinajstić information content (AvgIpc) is 3.43. The van der Waals surface area contributed by atoms with Gasteiger partial charge in [-0.3, -0.25) is 23.2 Å². The highest BCUT2D eigenvalue weighted by Gasteiger charge is 2.59. The first-order valence-corrected chi connectivity index (χ1v) is 20.3. The van der Waals surface area contributed by atoms with Gasteiger partial charge in [-0.05, 0) is 6.07 Å². The molecule has 16 N–H and O–H groups in total. The normalized spacial score (nSPS) is 35.5. The number of nitrogens with two attached hydrogens (primary N) is 1. The molecule has 30 nitrogen and oxygen atoms in total. The summed E-state index contributed by atoms with van der Waals surface area (Å²) in [6, 6.07) is -0.598. The van der Waals surface area contributed by atoms with Crippen molar-refractivity contribution in [1.82, 2.24) is 20.2 Å². The first-order valence-electron chi connectivity index (χ1n) is 17.3. The van der Waals surface area contributed by atoms with Gasteiger partial charge in [-0.15, -0.1) is 0 Å².